The molecule has 0 saturated carbocycles. The standard InChI is InChI=1S/C3H7O7P/c4-1-2(3(5)6)10-11(7,8)9/h2,4H,1H2,(H,5,6)(H2,7,8,9)/p-3. The third kappa shape index (κ3) is 4.88. The van der Waals surface area contributed by atoms with Crippen LogP contribution >= 0.6 is 7.82 Å². The quantitative estimate of drug-likeness (QED) is 0.438. The molecule has 0 aliphatic heterocycles. The van der Waals surface area contributed by atoms with Gasteiger partial charge in [-0.05, 0) is 0 Å². The van der Waals surface area contributed by atoms with E-state index in [-0.39, 0.29) is 0 Å². The molecule has 0 rings (SSSR count). The molecule has 0 heterocycles. The van der Waals surface area contributed by atoms with Crippen molar-refractivity contribution >= 4 is 13.8 Å². The second-order valence-electron chi connectivity index (χ2n) is 1.54. The maximum atomic E-state index is 9.81. The number of carbonyl (C=O) groups excluding carboxylic acids is 1. The van der Waals surface area contributed by atoms with Crippen molar-refractivity contribution in [3.05, 3.63) is 0 Å². The summed E-state index contributed by atoms with van der Waals surface area (Å²) in [6.45, 7) is -1.13. The van der Waals surface area contributed by atoms with Crippen LogP contribution in [0.3, 0.4) is 0 Å². The van der Waals surface area contributed by atoms with Crippen molar-refractivity contribution in [3.63, 3.8) is 0 Å². The van der Waals surface area contributed by atoms with Crippen LogP contribution in [0.15, 0.2) is 0 Å². The Morgan fingerprint density at radius 3 is 2.18 bits per heavy atom. The summed E-state index contributed by atoms with van der Waals surface area (Å²) in [7, 11) is -5.37. The molecule has 0 aliphatic carbocycles. The van der Waals surface area contributed by atoms with Crippen molar-refractivity contribution in [2.24, 2.45) is 0 Å². The Kier molecular flexibility index (Phi) is 3.64. The molecule has 0 amide bonds. The van der Waals surface area contributed by atoms with E-state index in [2.05, 4.69) is 4.52 Å². The number of carbonyl (C=O) groups is 1. The number of hydrogen-bond acceptors (Lipinski definition) is 7. The summed E-state index contributed by atoms with van der Waals surface area (Å²) in [4.78, 5) is 29.3. The summed E-state index contributed by atoms with van der Waals surface area (Å²) < 4.78 is 13.1. The molecule has 0 aromatic carbocycles. The van der Waals surface area contributed by atoms with E-state index in [4.69, 9.17) is 5.11 Å². The van der Waals surface area contributed by atoms with Gasteiger partial charge < -0.3 is 33.9 Å². The van der Waals surface area contributed by atoms with Crippen LogP contribution in [0, 0.1) is 0 Å². The van der Waals surface area contributed by atoms with E-state index in [1.807, 2.05) is 0 Å². The number of aliphatic hydroxyl groups excluding tert-OH is 1. The first-order valence-corrected chi connectivity index (χ1v) is 3.85. The molecule has 1 atom stereocenters. The fourth-order valence-corrected chi connectivity index (χ4v) is 0.771. The fourth-order valence-electron chi connectivity index (χ4n) is 0.307. The minimum Gasteiger partial charge on any atom is -0.790 e. The topological polar surface area (TPSA) is 133 Å². The Bertz CT molecular complexity index is 182. The van der Waals surface area contributed by atoms with E-state index in [0.29, 0.717) is 0 Å². The third-order valence-corrected chi connectivity index (χ3v) is 1.20. The van der Waals surface area contributed by atoms with Gasteiger partial charge in [-0.15, -0.1) is 0 Å². The first kappa shape index (κ1) is 10.5. The van der Waals surface area contributed by atoms with Crippen LogP contribution in [0.4, 0.5) is 0 Å². The molecule has 0 aromatic rings. The molecule has 0 bridgehead atoms. The van der Waals surface area contributed by atoms with Crippen molar-refractivity contribution in [2.45, 2.75) is 6.10 Å². The first-order chi connectivity index (χ1) is 4.87. The Morgan fingerprint density at radius 1 is 1.64 bits per heavy atom. The van der Waals surface area contributed by atoms with Crippen LogP contribution in [0.1, 0.15) is 0 Å². The Balaban J connectivity index is 4.10. The molecule has 8 heteroatoms. The molecule has 0 aliphatic rings. The summed E-state index contributed by atoms with van der Waals surface area (Å²) in [6.07, 6.45) is -2.11. The van der Waals surface area contributed by atoms with E-state index in [1.54, 1.807) is 0 Å². The zero-order chi connectivity index (χ0) is 9.07. The lowest BCUT2D eigenvalue weighted by atomic mass is 10.4. The van der Waals surface area contributed by atoms with Crippen molar-refractivity contribution in [1.29, 1.82) is 0 Å². The molecule has 11 heavy (non-hydrogen) atoms. The van der Waals surface area contributed by atoms with Gasteiger partial charge >= 0.3 is 0 Å². The van der Waals surface area contributed by atoms with Gasteiger partial charge in [-0.25, -0.2) is 0 Å². The third-order valence-electron chi connectivity index (χ3n) is 0.685. The predicted octanol–water partition coefficient (Wildman–Crippen LogP) is -4.06. The van der Waals surface area contributed by atoms with Crippen LogP contribution in [-0.4, -0.2) is 23.8 Å². The first-order valence-electron chi connectivity index (χ1n) is 2.39. The Morgan fingerprint density at radius 2 is 2.09 bits per heavy atom. The lowest BCUT2D eigenvalue weighted by molar-refractivity contribution is -0.354. The van der Waals surface area contributed by atoms with E-state index in [0.717, 1.165) is 0 Å². The van der Waals surface area contributed by atoms with Crippen LogP contribution in [0.25, 0.3) is 0 Å². The zero-order valence-electron chi connectivity index (χ0n) is 5.13. The summed E-state index contributed by atoms with van der Waals surface area (Å²) in [5.74, 6) is -1.96. The average Bonchev–Trinajstić information content (AvgIpc) is 1.80. The summed E-state index contributed by atoms with van der Waals surface area (Å²) >= 11 is 0. The van der Waals surface area contributed by atoms with Gasteiger partial charge in [-0.1, -0.05) is 0 Å². The van der Waals surface area contributed by atoms with Gasteiger partial charge in [0.2, 0.25) is 0 Å². The molecule has 0 aromatic heterocycles. The number of aliphatic hydroxyl groups is 1. The van der Waals surface area contributed by atoms with Gasteiger partial charge in [0, 0.05) is 0 Å². The maximum Gasteiger partial charge on any atom is 0.125 e. The smallest absolute Gasteiger partial charge is 0.125 e. The van der Waals surface area contributed by atoms with Gasteiger partial charge in [0.15, 0.2) is 0 Å². The number of carboxylic acid groups (broad SMARTS) is 1. The van der Waals surface area contributed by atoms with Crippen molar-refractivity contribution < 1.29 is 33.9 Å². The number of aliphatic carboxylic acids is 1. The van der Waals surface area contributed by atoms with Crippen molar-refractivity contribution in [3.8, 4) is 0 Å². The highest BCUT2D eigenvalue weighted by atomic mass is 31.2. The van der Waals surface area contributed by atoms with E-state index in [1.165, 1.54) is 0 Å². The molecule has 0 saturated heterocycles. The van der Waals surface area contributed by atoms with Gasteiger partial charge in [-0.3, -0.25) is 0 Å². The molecule has 7 nitrogen and oxygen atoms in total. The van der Waals surface area contributed by atoms with Crippen LogP contribution in [0.5, 0.6) is 0 Å². The fraction of sp³-hybridized carbons (Fsp3) is 0.667. The normalized spacial score (nSPS) is 14.5. The largest absolute Gasteiger partial charge is 0.790 e. The SMILES string of the molecule is O=C([O-])C(CO)OP(=O)([O-])[O-]. The van der Waals surface area contributed by atoms with Gasteiger partial charge in [-0.2, -0.15) is 0 Å². The van der Waals surface area contributed by atoms with Crippen LogP contribution in [0.2, 0.25) is 0 Å². The zero-order valence-corrected chi connectivity index (χ0v) is 6.02. The number of rotatable bonds is 4. The molecule has 0 spiro atoms. The second kappa shape index (κ2) is 3.80. The predicted molar refractivity (Wildman–Crippen MR) is 24.6 cm³/mol. The minimum atomic E-state index is -5.37. The average molecular weight is 183 g/mol. The summed E-state index contributed by atoms with van der Waals surface area (Å²) in [6, 6.07) is 0. The summed E-state index contributed by atoms with van der Waals surface area (Å²) in [5, 5.41) is 17.9. The summed E-state index contributed by atoms with van der Waals surface area (Å²) in [5.41, 5.74) is 0. The molecule has 1 unspecified atom stereocenters. The number of hydrogen-bond donors (Lipinski definition) is 1. The molecule has 1 N–H and O–H groups in total. The second-order valence-corrected chi connectivity index (χ2v) is 2.65. The number of phosphoric ester groups is 1. The number of phosphoric acid groups is 1. The Hall–Kier alpha value is -0.460. The Labute approximate surface area is 61.5 Å². The van der Waals surface area contributed by atoms with Gasteiger partial charge in [0.05, 0.1) is 20.4 Å². The molecule has 0 fully saturated rings. The van der Waals surface area contributed by atoms with E-state index in [9.17, 15) is 24.3 Å². The lowest BCUT2D eigenvalue weighted by Crippen LogP contribution is -2.41. The highest BCUT2D eigenvalue weighted by Crippen LogP contribution is 2.26. The van der Waals surface area contributed by atoms with Crippen LogP contribution < -0.4 is 14.9 Å². The maximum absolute atomic E-state index is 9.81. The molecule has 66 valence electrons. The number of carboxylic acids is 1. The molecule has 0 radical (unpaired) electrons. The van der Waals surface area contributed by atoms with E-state index >= 15 is 0 Å². The van der Waals surface area contributed by atoms with Crippen molar-refractivity contribution in [1.82, 2.24) is 0 Å². The highest BCUT2D eigenvalue weighted by molar-refractivity contribution is 7.43. The van der Waals surface area contributed by atoms with E-state index < -0.39 is 26.5 Å². The lowest BCUT2D eigenvalue weighted by Gasteiger charge is -2.32. The molecular formula is C3H4O7P-3. The minimum absolute atomic E-state index is 1.13. The highest BCUT2D eigenvalue weighted by Gasteiger charge is 2.09. The van der Waals surface area contributed by atoms with Crippen molar-refractivity contribution in [2.75, 3.05) is 6.61 Å². The molecular weight excluding hydrogens is 179 g/mol. The van der Waals surface area contributed by atoms with Crippen LogP contribution in [-0.2, 0) is 13.9 Å². The monoisotopic (exact) mass is 183 g/mol. The van der Waals surface area contributed by atoms with Gasteiger partial charge in [0.1, 0.15) is 6.10 Å². The van der Waals surface area contributed by atoms with Gasteiger partial charge in [0.25, 0.3) is 0 Å².